The first-order valence-corrected chi connectivity index (χ1v) is 8.63. The Bertz CT molecular complexity index is 551. The summed E-state index contributed by atoms with van der Waals surface area (Å²) in [6, 6.07) is 1.53. The average molecular weight is 354 g/mol. The first kappa shape index (κ1) is 20.2. The minimum Gasteiger partial charge on any atom is -0.503 e. The van der Waals surface area contributed by atoms with E-state index in [9.17, 15) is 9.90 Å². The summed E-state index contributed by atoms with van der Waals surface area (Å²) in [4.78, 5) is 16.1. The molecule has 0 saturated heterocycles. The van der Waals surface area contributed by atoms with Crippen LogP contribution in [0.1, 0.15) is 51.6 Å². The molecule has 0 bridgehead atoms. The molecule has 1 atom stereocenters. The van der Waals surface area contributed by atoms with E-state index in [0.29, 0.717) is 0 Å². The Morgan fingerprint density at radius 3 is 2.79 bits per heavy atom. The Hall–Kier alpha value is -1.89. The number of methoxy groups -OCH3 is 1. The molecule has 24 heavy (non-hydrogen) atoms. The second-order valence-corrected chi connectivity index (χ2v) is 5.82. The van der Waals surface area contributed by atoms with Crippen LogP contribution in [0.15, 0.2) is 12.3 Å². The van der Waals surface area contributed by atoms with Gasteiger partial charge in [0, 0.05) is 12.3 Å². The van der Waals surface area contributed by atoms with Crippen LogP contribution in [0.3, 0.4) is 0 Å². The van der Waals surface area contributed by atoms with Gasteiger partial charge in [-0.3, -0.25) is 4.79 Å². The van der Waals surface area contributed by atoms with Gasteiger partial charge < -0.3 is 19.9 Å². The minimum atomic E-state index is -0.372. The molecule has 7 heteroatoms. The molecule has 1 rings (SSSR count). The molecule has 0 spiro atoms. The molecule has 1 heterocycles. The first-order valence-electron chi connectivity index (χ1n) is 8.23. The number of aromatic nitrogens is 1. The van der Waals surface area contributed by atoms with Crippen LogP contribution in [0, 0.1) is 0 Å². The summed E-state index contributed by atoms with van der Waals surface area (Å²) in [6.07, 6.45) is 6.39. The second kappa shape index (κ2) is 10.8. The van der Waals surface area contributed by atoms with Crippen LogP contribution in [0.25, 0.3) is 0 Å². The number of pyridine rings is 1. The third-order valence-electron chi connectivity index (χ3n) is 3.60. The van der Waals surface area contributed by atoms with E-state index < -0.39 is 0 Å². The van der Waals surface area contributed by atoms with E-state index in [0.717, 1.165) is 32.1 Å². The maximum Gasteiger partial charge on any atom is 0.325 e. The number of thiocarbonyl (C=S) groups is 1. The molecule has 1 aromatic rings. The van der Waals surface area contributed by atoms with E-state index in [4.69, 9.17) is 21.7 Å². The maximum absolute atomic E-state index is 11.9. The molecule has 0 saturated carbocycles. The standard InChI is InChI=1S/C17H26N2O4S/c1-4-6-7-8-12(5-2)23-14(20)11-19-17(24)15-16(21)13(22-3)9-10-18-15/h9-10,12,21H,4-8,11H2,1-3H3,(H,19,24). The van der Waals surface area contributed by atoms with Gasteiger partial charge in [0.2, 0.25) is 0 Å². The van der Waals surface area contributed by atoms with Gasteiger partial charge in [-0.05, 0) is 19.3 Å². The van der Waals surface area contributed by atoms with Crippen molar-refractivity contribution in [1.82, 2.24) is 10.3 Å². The summed E-state index contributed by atoms with van der Waals surface area (Å²) in [7, 11) is 1.44. The van der Waals surface area contributed by atoms with Crippen molar-refractivity contribution < 1.29 is 19.4 Å². The molecular weight excluding hydrogens is 328 g/mol. The van der Waals surface area contributed by atoms with Crippen molar-refractivity contribution in [2.24, 2.45) is 0 Å². The fraction of sp³-hybridized carbons (Fsp3) is 0.588. The number of carbonyl (C=O) groups is 1. The molecule has 2 N–H and O–H groups in total. The summed E-state index contributed by atoms with van der Waals surface area (Å²) in [6.45, 7) is 4.07. The quantitative estimate of drug-likeness (QED) is 0.380. The number of nitrogens with one attached hydrogen (secondary N) is 1. The molecule has 0 aliphatic carbocycles. The van der Waals surface area contributed by atoms with E-state index in [-0.39, 0.29) is 40.8 Å². The van der Waals surface area contributed by atoms with Crippen LogP contribution >= 0.6 is 12.2 Å². The highest BCUT2D eigenvalue weighted by Crippen LogP contribution is 2.27. The average Bonchev–Trinajstić information content (AvgIpc) is 2.59. The molecular formula is C17H26N2O4S. The highest BCUT2D eigenvalue weighted by molar-refractivity contribution is 7.80. The molecule has 134 valence electrons. The maximum atomic E-state index is 11.9. The number of hydrogen-bond donors (Lipinski definition) is 2. The zero-order valence-corrected chi connectivity index (χ0v) is 15.3. The van der Waals surface area contributed by atoms with Crippen LogP contribution in [0.2, 0.25) is 0 Å². The van der Waals surface area contributed by atoms with Gasteiger partial charge in [0.1, 0.15) is 23.3 Å². The zero-order valence-electron chi connectivity index (χ0n) is 14.5. The normalized spacial score (nSPS) is 11.6. The van der Waals surface area contributed by atoms with Gasteiger partial charge in [-0.1, -0.05) is 38.9 Å². The number of unbranched alkanes of at least 4 members (excludes halogenated alkanes) is 2. The van der Waals surface area contributed by atoms with Crippen molar-refractivity contribution >= 4 is 23.2 Å². The Kier molecular flexibility index (Phi) is 9.07. The van der Waals surface area contributed by atoms with Gasteiger partial charge in [-0.25, -0.2) is 4.98 Å². The van der Waals surface area contributed by atoms with Crippen molar-refractivity contribution in [2.45, 2.75) is 52.1 Å². The molecule has 0 aromatic carbocycles. The molecule has 1 aromatic heterocycles. The lowest BCUT2D eigenvalue weighted by Gasteiger charge is -2.16. The van der Waals surface area contributed by atoms with Crippen molar-refractivity contribution in [1.29, 1.82) is 0 Å². The molecule has 0 amide bonds. The molecule has 0 aliphatic heterocycles. The summed E-state index contributed by atoms with van der Waals surface area (Å²) in [5.74, 6) is -0.256. The van der Waals surface area contributed by atoms with Crippen LogP contribution in [0.5, 0.6) is 11.5 Å². The number of rotatable bonds is 10. The predicted molar refractivity (Wildman–Crippen MR) is 96.5 cm³/mol. The first-order chi connectivity index (χ1) is 11.5. The summed E-state index contributed by atoms with van der Waals surface area (Å²) in [5.41, 5.74) is 0.173. The van der Waals surface area contributed by atoms with E-state index >= 15 is 0 Å². The monoisotopic (exact) mass is 354 g/mol. The van der Waals surface area contributed by atoms with Crippen LogP contribution in [-0.4, -0.2) is 40.8 Å². The third-order valence-corrected chi connectivity index (χ3v) is 3.94. The van der Waals surface area contributed by atoms with Gasteiger partial charge in [0.25, 0.3) is 0 Å². The van der Waals surface area contributed by atoms with Gasteiger partial charge in [-0.15, -0.1) is 0 Å². The van der Waals surface area contributed by atoms with Crippen LogP contribution in [-0.2, 0) is 9.53 Å². The third kappa shape index (κ3) is 6.31. The van der Waals surface area contributed by atoms with Gasteiger partial charge in [-0.2, -0.15) is 0 Å². The lowest BCUT2D eigenvalue weighted by Crippen LogP contribution is -2.32. The molecule has 1 unspecified atom stereocenters. The Morgan fingerprint density at radius 1 is 1.42 bits per heavy atom. The van der Waals surface area contributed by atoms with Gasteiger partial charge in [0.05, 0.1) is 7.11 Å². The van der Waals surface area contributed by atoms with E-state index in [2.05, 4.69) is 17.2 Å². The smallest absolute Gasteiger partial charge is 0.325 e. The van der Waals surface area contributed by atoms with Crippen LogP contribution < -0.4 is 10.1 Å². The van der Waals surface area contributed by atoms with E-state index in [1.54, 1.807) is 0 Å². The van der Waals surface area contributed by atoms with Crippen LogP contribution in [0.4, 0.5) is 0 Å². The minimum absolute atomic E-state index is 0.0669. The molecule has 0 radical (unpaired) electrons. The van der Waals surface area contributed by atoms with Crippen molar-refractivity contribution in [3.05, 3.63) is 18.0 Å². The number of ether oxygens (including phenoxy) is 2. The number of esters is 1. The fourth-order valence-electron chi connectivity index (χ4n) is 2.20. The number of carbonyl (C=O) groups excluding carboxylic acids is 1. The molecule has 0 aliphatic rings. The SMILES string of the molecule is CCCCCC(CC)OC(=O)CNC(=S)c1nccc(OC)c1O. The number of hydrogen-bond acceptors (Lipinski definition) is 6. The highest BCUT2D eigenvalue weighted by atomic mass is 32.1. The Morgan fingerprint density at radius 2 is 2.17 bits per heavy atom. The predicted octanol–water partition coefficient (Wildman–Crippen LogP) is 2.96. The number of nitrogens with zero attached hydrogens (tertiary/aromatic N) is 1. The Balaban J connectivity index is 2.50. The number of aromatic hydroxyl groups is 1. The fourth-order valence-corrected chi connectivity index (χ4v) is 2.42. The summed E-state index contributed by atoms with van der Waals surface area (Å²) in [5, 5.41) is 12.8. The van der Waals surface area contributed by atoms with Crippen molar-refractivity contribution in [2.75, 3.05) is 13.7 Å². The summed E-state index contributed by atoms with van der Waals surface area (Å²) >= 11 is 5.16. The second-order valence-electron chi connectivity index (χ2n) is 5.41. The van der Waals surface area contributed by atoms with E-state index in [1.807, 2.05) is 6.92 Å². The Labute approximate surface area is 148 Å². The largest absolute Gasteiger partial charge is 0.503 e. The molecule has 0 fully saturated rings. The highest BCUT2D eigenvalue weighted by Gasteiger charge is 2.16. The summed E-state index contributed by atoms with van der Waals surface area (Å²) < 4.78 is 10.4. The lowest BCUT2D eigenvalue weighted by atomic mass is 10.1. The molecule has 6 nitrogen and oxygen atoms in total. The lowest BCUT2D eigenvalue weighted by molar-refractivity contribution is -0.148. The van der Waals surface area contributed by atoms with Crippen molar-refractivity contribution in [3.8, 4) is 11.5 Å². The van der Waals surface area contributed by atoms with Gasteiger partial charge >= 0.3 is 5.97 Å². The van der Waals surface area contributed by atoms with E-state index in [1.165, 1.54) is 19.4 Å². The zero-order chi connectivity index (χ0) is 17.9. The van der Waals surface area contributed by atoms with Crippen molar-refractivity contribution in [3.63, 3.8) is 0 Å². The topological polar surface area (TPSA) is 80.7 Å². The van der Waals surface area contributed by atoms with Gasteiger partial charge in [0.15, 0.2) is 11.5 Å².